The van der Waals surface area contributed by atoms with E-state index in [0.29, 0.717) is 55.9 Å². The van der Waals surface area contributed by atoms with Gasteiger partial charge >= 0.3 is 6.09 Å². The number of nitrogen functional groups attached to an aromatic ring is 1. The van der Waals surface area contributed by atoms with Crippen LogP contribution in [0.15, 0.2) is 75.7 Å². The number of phenolic OH excluding ortho intramolecular Hbond substituents is 1. The van der Waals surface area contributed by atoms with Crippen LogP contribution in [0, 0.1) is 5.92 Å². The van der Waals surface area contributed by atoms with Crippen LogP contribution in [0.25, 0.3) is 0 Å². The quantitative estimate of drug-likeness (QED) is 0.142. The van der Waals surface area contributed by atoms with Crippen LogP contribution in [0.5, 0.6) is 17.2 Å². The molecule has 0 bridgehead atoms. The largest absolute Gasteiger partial charge is 0.506 e. The molecule has 0 spiro atoms. The lowest BCUT2D eigenvalue weighted by Gasteiger charge is -2.26. The zero-order valence-electron chi connectivity index (χ0n) is 20.9. The van der Waals surface area contributed by atoms with Crippen LogP contribution in [-0.2, 0) is 9.53 Å². The van der Waals surface area contributed by atoms with Gasteiger partial charge in [0.05, 0.1) is 15.8 Å². The molecule has 1 heterocycles. The lowest BCUT2D eigenvalue weighted by molar-refractivity contribution is -0.111. The molecule has 9 nitrogen and oxygen atoms in total. The molecule has 0 aliphatic carbocycles. The molecule has 0 fully saturated rings. The van der Waals surface area contributed by atoms with Gasteiger partial charge in [0.15, 0.2) is 11.5 Å². The van der Waals surface area contributed by atoms with Gasteiger partial charge in [-0.1, -0.05) is 41.1 Å². The first kappa shape index (κ1) is 28.3. The van der Waals surface area contributed by atoms with Gasteiger partial charge in [-0.05, 0) is 77.2 Å². The number of fused-ring (bicyclic) bond motifs is 1. The third kappa shape index (κ3) is 7.45. The number of carbonyl (C=O) groups is 2. The molecule has 0 aromatic heterocycles. The van der Waals surface area contributed by atoms with E-state index < -0.39 is 12.2 Å². The number of allylic oxidation sites excluding steroid dienone is 1. The number of phenols is 1. The van der Waals surface area contributed by atoms with Gasteiger partial charge in [-0.3, -0.25) is 10.1 Å². The lowest BCUT2D eigenvalue weighted by atomic mass is 9.92. The van der Waals surface area contributed by atoms with Gasteiger partial charge in [0.2, 0.25) is 12.7 Å². The summed E-state index contributed by atoms with van der Waals surface area (Å²) in [5.41, 5.74) is 7.80. The maximum absolute atomic E-state index is 12.9. The van der Waals surface area contributed by atoms with Gasteiger partial charge in [-0.25, -0.2) is 4.79 Å². The Kier molecular flexibility index (Phi) is 9.36. The molecule has 204 valence electrons. The van der Waals surface area contributed by atoms with E-state index in [1.807, 2.05) is 6.92 Å². The van der Waals surface area contributed by atoms with Crippen LogP contribution in [0.4, 0.5) is 21.9 Å². The highest BCUT2D eigenvalue weighted by atomic mass is 79.9. The number of amides is 2. The summed E-state index contributed by atoms with van der Waals surface area (Å²) in [6.45, 7) is 2.03. The first-order valence-electron chi connectivity index (χ1n) is 12.1. The van der Waals surface area contributed by atoms with Crippen molar-refractivity contribution in [2.24, 2.45) is 5.92 Å². The number of hydrogen-bond donors (Lipinski definition) is 4. The lowest BCUT2D eigenvalue weighted by Crippen LogP contribution is -2.22. The number of carbonyl (C=O) groups excluding carboxylic acids is 2. The number of nitrogens with two attached hydrogens (primary N) is 1. The number of para-hydroxylation sites is 2. The van der Waals surface area contributed by atoms with E-state index in [1.165, 1.54) is 6.08 Å². The number of benzene rings is 3. The molecular weight excluding hydrogens is 634 g/mol. The molecule has 2 amide bonds. The van der Waals surface area contributed by atoms with Crippen molar-refractivity contribution in [1.82, 2.24) is 0 Å². The van der Waals surface area contributed by atoms with Crippen LogP contribution < -0.4 is 25.8 Å². The smallest absolute Gasteiger partial charge is 0.412 e. The standard InChI is InChI=1S/C28H27Br2N3O6/c1-16(6-2-5-9-25(34)33-22-8-4-3-7-21(22)31)27(19-12-17(29)13-20(30)26(19)35)39-28(36)32-18-10-11-23-24(14-18)38-15-37-23/h3-5,7-14,16,27,35H,2,6,15,31H2,1H3,(H,32,36)(H,33,34)/b9-5+/t16-,27-/m1/s1. The van der Waals surface area contributed by atoms with E-state index in [4.69, 9.17) is 19.9 Å². The van der Waals surface area contributed by atoms with E-state index in [-0.39, 0.29) is 24.4 Å². The Bertz CT molecular complexity index is 1400. The third-order valence-corrected chi connectivity index (χ3v) is 7.07. The number of ether oxygens (including phenoxy) is 3. The van der Waals surface area contributed by atoms with E-state index >= 15 is 0 Å². The molecule has 4 rings (SSSR count). The fourth-order valence-electron chi connectivity index (χ4n) is 4.01. The first-order valence-corrected chi connectivity index (χ1v) is 13.7. The van der Waals surface area contributed by atoms with Crippen molar-refractivity contribution in [1.29, 1.82) is 0 Å². The highest BCUT2D eigenvalue weighted by Crippen LogP contribution is 2.41. The molecule has 2 atom stereocenters. The molecule has 1 aliphatic rings. The number of aromatic hydroxyl groups is 1. The molecule has 11 heteroatoms. The average Bonchev–Trinajstić information content (AvgIpc) is 3.36. The van der Waals surface area contributed by atoms with E-state index in [2.05, 4.69) is 42.5 Å². The summed E-state index contributed by atoms with van der Waals surface area (Å²) in [5, 5.41) is 16.2. The fourth-order valence-corrected chi connectivity index (χ4v) is 5.27. The molecular formula is C28H27Br2N3O6. The second-order valence-electron chi connectivity index (χ2n) is 8.88. The van der Waals surface area contributed by atoms with E-state index in [0.717, 1.165) is 0 Å². The van der Waals surface area contributed by atoms with Crippen molar-refractivity contribution in [2.75, 3.05) is 23.2 Å². The van der Waals surface area contributed by atoms with Gasteiger partial charge in [-0.2, -0.15) is 0 Å². The minimum Gasteiger partial charge on any atom is -0.506 e. The van der Waals surface area contributed by atoms with Gasteiger partial charge in [0.1, 0.15) is 11.9 Å². The van der Waals surface area contributed by atoms with Crippen LogP contribution in [0.1, 0.15) is 31.4 Å². The molecule has 0 unspecified atom stereocenters. The maximum atomic E-state index is 12.9. The zero-order chi connectivity index (χ0) is 27.9. The zero-order valence-corrected chi connectivity index (χ0v) is 24.1. The number of hydrogen-bond acceptors (Lipinski definition) is 7. The van der Waals surface area contributed by atoms with Crippen molar-refractivity contribution < 1.29 is 28.9 Å². The summed E-state index contributed by atoms with van der Waals surface area (Å²) in [4.78, 5) is 25.2. The Balaban J connectivity index is 1.43. The van der Waals surface area contributed by atoms with Crippen molar-refractivity contribution in [2.45, 2.75) is 25.9 Å². The highest BCUT2D eigenvalue weighted by Gasteiger charge is 2.28. The number of rotatable bonds is 9. The number of halogens is 2. The molecule has 0 saturated carbocycles. The van der Waals surface area contributed by atoms with Crippen LogP contribution in [0.3, 0.4) is 0 Å². The van der Waals surface area contributed by atoms with Gasteiger partial charge in [0.25, 0.3) is 0 Å². The summed E-state index contributed by atoms with van der Waals surface area (Å²) in [6, 6.07) is 15.4. The number of anilines is 3. The van der Waals surface area contributed by atoms with E-state index in [9.17, 15) is 14.7 Å². The summed E-state index contributed by atoms with van der Waals surface area (Å²) in [7, 11) is 0. The fraction of sp³-hybridized carbons (Fsp3) is 0.214. The minimum absolute atomic E-state index is 0.0266. The molecule has 5 N–H and O–H groups in total. The van der Waals surface area contributed by atoms with Gasteiger partial charge in [0, 0.05) is 21.8 Å². The summed E-state index contributed by atoms with van der Waals surface area (Å²) < 4.78 is 17.7. The summed E-state index contributed by atoms with van der Waals surface area (Å²) in [5.74, 6) is 0.568. The van der Waals surface area contributed by atoms with Crippen molar-refractivity contribution >= 4 is 60.9 Å². The minimum atomic E-state index is -0.792. The Morgan fingerprint density at radius 3 is 2.67 bits per heavy atom. The monoisotopic (exact) mass is 659 g/mol. The first-order chi connectivity index (χ1) is 18.7. The average molecular weight is 661 g/mol. The summed E-state index contributed by atoms with van der Waals surface area (Å²) in [6.07, 6.45) is 2.77. The van der Waals surface area contributed by atoms with Crippen LogP contribution in [0.2, 0.25) is 0 Å². The molecule has 3 aromatic carbocycles. The van der Waals surface area contributed by atoms with Crippen LogP contribution in [-0.4, -0.2) is 23.9 Å². The highest BCUT2D eigenvalue weighted by molar-refractivity contribution is 9.11. The van der Waals surface area contributed by atoms with Gasteiger partial charge < -0.3 is 30.4 Å². The second kappa shape index (κ2) is 12.9. The summed E-state index contributed by atoms with van der Waals surface area (Å²) >= 11 is 6.79. The number of nitrogens with one attached hydrogen (secondary N) is 2. The predicted octanol–water partition coefficient (Wildman–Crippen LogP) is 7.13. The van der Waals surface area contributed by atoms with Gasteiger partial charge in [-0.15, -0.1) is 0 Å². The topological polar surface area (TPSA) is 132 Å². The molecule has 39 heavy (non-hydrogen) atoms. The Labute approximate surface area is 242 Å². The molecule has 0 saturated heterocycles. The van der Waals surface area contributed by atoms with Crippen molar-refractivity contribution in [3.8, 4) is 17.2 Å². The Morgan fingerprint density at radius 2 is 1.87 bits per heavy atom. The van der Waals surface area contributed by atoms with Crippen molar-refractivity contribution in [3.05, 3.63) is 81.3 Å². The van der Waals surface area contributed by atoms with Crippen molar-refractivity contribution in [3.63, 3.8) is 0 Å². The SMILES string of the molecule is C[C@H](CC/C=C/C(=O)Nc1ccccc1N)[C@@H](OC(=O)Nc1ccc2c(c1)OCO2)c1cc(Br)cc(Br)c1O. The predicted molar refractivity (Wildman–Crippen MR) is 156 cm³/mol. The van der Waals surface area contributed by atoms with E-state index in [1.54, 1.807) is 60.7 Å². The maximum Gasteiger partial charge on any atom is 0.412 e. The van der Waals surface area contributed by atoms with Crippen LogP contribution >= 0.6 is 31.9 Å². The Morgan fingerprint density at radius 1 is 1.10 bits per heavy atom. The molecule has 0 radical (unpaired) electrons. The Hall–Kier alpha value is -3.70. The molecule has 3 aromatic rings. The third-order valence-electron chi connectivity index (χ3n) is 6.01. The normalized spacial score (nSPS) is 13.6. The molecule has 1 aliphatic heterocycles. The second-order valence-corrected chi connectivity index (χ2v) is 10.6.